The van der Waals surface area contributed by atoms with E-state index in [2.05, 4.69) is 5.32 Å². The van der Waals surface area contributed by atoms with Crippen molar-refractivity contribution >= 4 is 18.0 Å². The topological polar surface area (TPSA) is 116 Å². The number of benzene rings is 2. The first kappa shape index (κ1) is 26.2. The second-order valence-corrected chi connectivity index (χ2v) is 10.3. The summed E-state index contributed by atoms with van der Waals surface area (Å²) < 4.78 is 5.47. The smallest absolute Gasteiger partial charge is 0.407 e. The molecule has 2 amide bonds. The standard InChI is InChI=1S/C27H34N2O6/c1-16(2)27(24(31)32,26(4,5)6)29(34)23(30)17(3)28-25(33)35-15-22-20-13-9-7-11-18(20)19-12-8-10-14-21(19)22/h7-14,16-17,22,34H,15H2,1-6H3,(H,28,33)(H,31,32)/t17-,27+/m0/s1. The summed E-state index contributed by atoms with van der Waals surface area (Å²) in [5, 5.41) is 23.5. The lowest BCUT2D eigenvalue weighted by atomic mass is 9.66. The number of carboxylic acids is 1. The molecule has 0 bridgehead atoms. The number of carboxylic acid groups (broad SMARTS) is 1. The maximum Gasteiger partial charge on any atom is 0.407 e. The van der Waals surface area contributed by atoms with Gasteiger partial charge in [-0.2, -0.15) is 0 Å². The van der Waals surface area contributed by atoms with Gasteiger partial charge in [0.2, 0.25) is 0 Å². The average molecular weight is 483 g/mol. The Balaban J connectivity index is 1.71. The van der Waals surface area contributed by atoms with Crippen molar-refractivity contribution in [3.8, 4) is 11.1 Å². The number of nitrogens with one attached hydrogen (secondary N) is 1. The molecule has 35 heavy (non-hydrogen) atoms. The van der Waals surface area contributed by atoms with Gasteiger partial charge in [-0.1, -0.05) is 83.1 Å². The van der Waals surface area contributed by atoms with Crippen molar-refractivity contribution in [3.05, 3.63) is 59.7 Å². The van der Waals surface area contributed by atoms with Crippen molar-refractivity contribution in [3.63, 3.8) is 0 Å². The first-order valence-corrected chi connectivity index (χ1v) is 11.7. The number of fused-ring (bicyclic) bond motifs is 3. The molecule has 3 rings (SSSR count). The van der Waals surface area contributed by atoms with Gasteiger partial charge in [-0.15, -0.1) is 0 Å². The normalized spacial score (nSPS) is 15.5. The summed E-state index contributed by atoms with van der Waals surface area (Å²) in [5.74, 6) is -3.03. The molecule has 0 saturated carbocycles. The molecule has 2 atom stereocenters. The van der Waals surface area contributed by atoms with Crippen molar-refractivity contribution in [2.24, 2.45) is 11.3 Å². The molecular weight excluding hydrogens is 448 g/mol. The molecule has 0 aromatic heterocycles. The van der Waals surface area contributed by atoms with Crippen LogP contribution in [-0.4, -0.2) is 51.5 Å². The van der Waals surface area contributed by atoms with Crippen molar-refractivity contribution < 1.29 is 29.4 Å². The molecule has 0 aliphatic heterocycles. The van der Waals surface area contributed by atoms with Crippen molar-refractivity contribution in [1.82, 2.24) is 10.4 Å². The van der Waals surface area contributed by atoms with Gasteiger partial charge < -0.3 is 15.2 Å². The Kier molecular flexibility index (Phi) is 7.26. The van der Waals surface area contributed by atoms with Crippen LogP contribution in [0.4, 0.5) is 4.79 Å². The van der Waals surface area contributed by atoms with Gasteiger partial charge >= 0.3 is 12.1 Å². The van der Waals surface area contributed by atoms with E-state index in [4.69, 9.17) is 4.74 Å². The first-order valence-electron chi connectivity index (χ1n) is 11.7. The number of nitrogens with zero attached hydrogens (tertiary/aromatic N) is 1. The highest BCUT2D eigenvalue weighted by molar-refractivity contribution is 5.91. The predicted molar refractivity (Wildman–Crippen MR) is 131 cm³/mol. The third-order valence-electron chi connectivity index (χ3n) is 6.90. The fourth-order valence-electron chi connectivity index (χ4n) is 5.32. The highest BCUT2D eigenvalue weighted by atomic mass is 16.6. The zero-order valence-corrected chi connectivity index (χ0v) is 21.0. The number of rotatable bonds is 7. The molecular formula is C27H34N2O6. The van der Waals surface area contributed by atoms with E-state index in [-0.39, 0.29) is 17.6 Å². The fourth-order valence-corrected chi connectivity index (χ4v) is 5.32. The Labute approximate surface area is 205 Å². The third kappa shape index (κ3) is 4.50. The zero-order valence-electron chi connectivity index (χ0n) is 21.0. The number of carbonyl (C=O) groups excluding carboxylic acids is 2. The summed E-state index contributed by atoms with van der Waals surface area (Å²) in [6, 6.07) is 14.7. The van der Waals surface area contributed by atoms with E-state index in [0.717, 1.165) is 22.3 Å². The molecule has 8 nitrogen and oxygen atoms in total. The lowest BCUT2D eigenvalue weighted by molar-refractivity contribution is -0.232. The zero-order chi connectivity index (χ0) is 26.1. The van der Waals surface area contributed by atoms with E-state index in [0.29, 0.717) is 0 Å². The summed E-state index contributed by atoms with van der Waals surface area (Å²) in [7, 11) is 0. The van der Waals surface area contributed by atoms with E-state index in [1.807, 2.05) is 48.5 Å². The minimum atomic E-state index is -1.90. The van der Waals surface area contributed by atoms with Gasteiger partial charge in [-0.05, 0) is 40.5 Å². The van der Waals surface area contributed by atoms with Crippen LogP contribution in [-0.2, 0) is 14.3 Å². The Morgan fingerprint density at radius 2 is 1.46 bits per heavy atom. The van der Waals surface area contributed by atoms with Crippen LogP contribution in [0, 0.1) is 11.3 Å². The number of amides is 2. The van der Waals surface area contributed by atoms with Crippen LogP contribution >= 0.6 is 0 Å². The van der Waals surface area contributed by atoms with Gasteiger partial charge in [-0.3, -0.25) is 10.0 Å². The fraction of sp³-hybridized carbons (Fsp3) is 0.444. The van der Waals surface area contributed by atoms with E-state index >= 15 is 0 Å². The highest BCUT2D eigenvalue weighted by Crippen LogP contribution is 2.44. The van der Waals surface area contributed by atoms with Gasteiger partial charge in [0.05, 0.1) is 0 Å². The minimum Gasteiger partial charge on any atom is -0.479 e. The number of aliphatic carboxylic acids is 1. The maximum absolute atomic E-state index is 13.0. The predicted octanol–water partition coefficient (Wildman–Crippen LogP) is 4.66. The summed E-state index contributed by atoms with van der Waals surface area (Å²) in [6.07, 6.45) is -0.831. The Hall–Kier alpha value is -3.39. The Bertz CT molecular complexity index is 1080. The second-order valence-electron chi connectivity index (χ2n) is 10.3. The largest absolute Gasteiger partial charge is 0.479 e. The van der Waals surface area contributed by atoms with Crippen LogP contribution in [0.3, 0.4) is 0 Å². The Morgan fingerprint density at radius 1 is 0.971 bits per heavy atom. The van der Waals surface area contributed by atoms with Crippen LogP contribution < -0.4 is 5.32 Å². The summed E-state index contributed by atoms with van der Waals surface area (Å²) in [5.41, 5.74) is 1.40. The van der Waals surface area contributed by atoms with Gasteiger partial charge in [0.1, 0.15) is 12.6 Å². The lowest BCUT2D eigenvalue weighted by Gasteiger charge is -2.48. The van der Waals surface area contributed by atoms with Crippen LogP contribution in [0.5, 0.6) is 0 Å². The van der Waals surface area contributed by atoms with Gasteiger partial charge in [-0.25, -0.2) is 14.7 Å². The van der Waals surface area contributed by atoms with Crippen molar-refractivity contribution in [2.75, 3.05) is 6.61 Å². The van der Waals surface area contributed by atoms with Crippen LogP contribution in [0.25, 0.3) is 11.1 Å². The molecule has 1 aliphatic rings. The van der Waals surface area contributed by atoms with Gasteiger partial charge in [0, 0.05) is 5.92 Å². The van der Waals surface area contributed by atoms with E-state index < -0.39 is 40.9 Å². The van der Waals surface area contributed by atoms with E-state index in [9.17, 15) is 24.7 Å². The quantitative estimate of drug-likeness (QED) is 0.391. The highest BCUT2D eigenvalue weighted by Gasteiger charge is 2.58. The molecule has 0 spiro atoms. The number of ether oxygens (including phenoxy) is 1. The van der Waals surface area contributed by atoms with Crippen LogP contribution in [0.15, 0.2) is 48.5 Å². The summed E-state index contributed by atoms with van der Waals surface area (Å²) in [6.45, 7) is 9.61. The van der Waals surface area contributed by atoms with Crippen molar-refractivity contribution in [1.29, 1.82) is 0 Å². The van der Waals surface area contributed by atoms with Gasteiger partial charge in [0.15, 0.2) is 5.54 Å². The Morgan fingerprint density at radius 3 is 1.89 bits per heavy atom. The first-order chi connectivity index (χ1) is 16.3. The van der Waals surface area contributed by atoms with Gasteiger partial charge in [0.25, 0.3) is 5.91 Å². The monoisotopic (exact) mass is 482 g/mol. The molecule has 0 heterocycles. The number of hydroxylamine groups is 2. The van der Waals surface area contributed by atoms with Crippen molar-refractivity contribution in [2.45, 2.75) is 59.0 Å². The number of hydrogen-bond acceptors (Lipinski definition) is 5. The molecule has 2 aromatic carbocycles. The minimum absolute atomic E-state index is 0.0661. The maximum atomic E-state index is 13.0. The third-order valence-corrected chi connectivity index (χ3v) is 6.90. The average Bonchev–Trinajstić information content (AvgIpc) is 3.09. The molecule has 3 N–H and O–H groups in total. The molecule has 0 saturated heterocycles. The summed E-state index contributed by atoms with van der Waals surface area (Å²) >= 11 is 0. The molecule has 188 valence electrons. The molecule has 0 unspecified atom stereocenters. The second kappa shape index (κ2) is 9.70. The molecule has 8 heteroatoms. The van der Waals surface area contributed by atoms with E-state index in [1.54, 1.807) is 34.6 Å². The molecule has 2 aromatic rings. The molecule has 0 radical (unpaired) electrons. The summed E-state index contributed by atoms with van der Waals surface area (Å²) in [4.78, 5) is 37.9. The molecule has 0 fully saturated rings. The number of hydrogen-bond donors (Lipinski definition) is 3. The number of alkyl carbamates (subject to hydrolysis) is 1. The number of carbonyl (C=O) groups is 3. The van der Waals surface area contributed by atoms with E-state index in [1.165, 1.54) is 6.92 Å². The molecule has 1 aliphatic carbocycles. The SMILES string of the molecule is CC(C)[C@](C(=O)O)(N(O)C(=O)[C@H](C)NC(=O)OCC1c2ccccc2-c2ccccc21)C(C)(C)C. The van der Waals surface area contributed by atoms with Crippen LogP contribution in [0.2, 0.25) is 0 Å². The lowest BCUT2D eigenvalue weighted by Crippen LogP contribution is -2.68. The van der Waals surface area contributed by atoms with Crippen LogP contribution in [0.1, 0.15) is 58.6 Å².